The minimum absolute atomic E-state index is 0.146. The molecule has 0 aliphatic heterocycles. The number of hydrogen-bond donors (Lipinski definition) is 1. The summed E-state index contributed by atoms with van der Waals surface area (Å²) in [6, 6.07) is 11.9. The van der Waals surface area contributed by atoms with E-state index in [0.717, 1.165) is 11.3 Å². The number of ether oxygens (including phenoxy) is 1. The van der Waals surface area contributed by atoms with Gasteiger partial charge in [0.2, 0.25) is 6.10 Å². The van der Waals surface area contributed by atoms with E-state index in [1.807, 2.05) is 6.07 Å². The van der Waals surface area contributed by atoms with Gasteiger partial charge in [-0.1, -0.05) is 30.3 Å². The number of aromatic nitrogens is 2. The van der Waals surface area contributed by atoms with E-state index in [-0.39, 0.29) is 10.3 Å². The maximum Gasteiger partial charge on any atom is 0.350 e. The van der Waals surface area contributed by atoms with Crippen molar-refractivity contribution >= 4 is 27.5 Å². The number of thiophene rings is 1. The van der Waals surface area contributed by atoms with E-state index in [9.17, 15) is 19.6 Å². The van der Waals surface area contributed by atoms with Crippen LogP contribution in [0.3, 0.4) is 0 Å². The summed E-state index contributed by atoms with van der Waals surface area (Å²) in [6.07, 6.45) is -1.05. The van der Waals surface area contributed by atoms with Crippen LogP contribution in [0.5, 0.6) is 0 Å². The predicted octanol–water partition coefficient (Wildman–Crippen LogP) is 1.71. The van der Waals surface area contributed by atoms with Crippen LogP contribution in [0.25, 0.3) is 10.2 Å². The summed E-state index contributed by atoms with van der Waals surface area (Å²) in [5.74, 6) is -0.724. The molecule has 24 heavy (non-hydrogen) atoms. The Morgan fingerprint density at radius 2 is 2.04 bits per heavy atom. The van der Waals surface area contributed by atoms with Crippen molar-refractivity contribution < 1.29 is 9.53 Å². The molecule has 0 radical (unpaired) electrons. The SMILES string of the molecule is Cn1c(=O)[nH]c(=O)c2cc(C(=O)OC(C#N)c3ccccc3)sc21. The topological polar surface area (TPSA) is 105 Å². The number of nitriles is 1. The number of rotatable bonds is 3. The van der Waals surface area contributed by atoms with Gasteiger partial charge in [-0.2, -0.15) is 5.26 Å². The minimum Gasteiger partial charge on any atom is -0.438 e. The molecule has 3 rings (SSSR count). The second-order valence-corrected chi connectivity index (χ2v) is 6.00. The standard InChI is InChI=1S/C16H11N3O4S/c1-19-14-10(13(20)18-16(19)22)7-12(24-14)15(21)23-11(8-17)9-5-3-2-4-6-9/h2-7,11H,1H3,(H,18,20,22). The number of benzene rings is 1. The van der Waals surface area contributed by atoms with Gasteiger partial charge in [0, 0.05) is 12.6 Å². The molecular weight excluding hydrogens is 330 g/mol. The number of aromatic amines is 1. The first-order valence-electron chi connectivity index (χ1n) is 6.89. The molecule has 0 amide bonds. The first-order chi connectivity index (χ1) is 11.5. The molecule has 8 heteroatoms. The van der Waals surface area contributed by atoms with Gasteiger partial charge in [0.25, 0.3) is 5.56 Å². The Labute approximate surface area is 139 Å². The third-order valence-electron chi connectivity index (χ3n) is 3.43. The van der Waals surface area contributed by atoms with Gasteiger partial charge in [0.05, 0.1) is 5.39 Å². The molecule has 0 fully saturated rings. The van der Waals surface area contributed by atoms with E-state index in [4.69, 9.17) is 4.74 Å². The van der Waals surface area contributed by atoms with Crippen LogP contribution in [0, 0.1) is 11.3 Å². The maximum atomic E-state index is 12.3. The number of aryl methyl sites for hydroxylation is 1. The molecule has 2 aromatic heterocycles. The molecular formula is C16H11N3O4S. The fraction of sp³-hybridized carbons (Fsp3) is 0.125. The molecule has 0 spiro atoms. The first kappa shape index (κ1) is 15.7. The van der Waals surface area contributed by atoms with Crippen molar-refractivity contribution in [1.29, 1.82) is 5.26 Å². The van der Waals surface area contributed by atoms with Gasteiger partial charge in [-0.05, 0) is 6.07 Å². The summed E-state index contributed by atoms with van der Waals surface area (Å²) < 4.78 is 6.47. The van der Waals surface area contributed by atoms with Crippen molar-refractivity contribution in [3.63, 3.8) is 0 Å². The summed E-state index contributed by atoms with van der Waals surface area (Å²) in [5.41, 5.74) is -0.573. The second kappa shape index (κ2) is 6.14. The van der Waals surface area contributed by atoms with Gasteiger partial charge in [0.15, 0.2) is 0 Å². The summed E-state index contributed by atoms with van der Waals surface area (Å²) in [5, 5.41) is 9.44. The molecule has 7 nitrogen and oxygen atoms in total. The van der Waals surface area contributed by atoms with E-state index in [2.05, 4.69) is 4.98 Å². The molecule has 1 aromatic carbocycles. The number of esters is 1. The van der Waals surface area contributed by atoms with Crippen molar-refractivity contribution in [2.24, 2.45) is 7.05 Å². The number of nitrogens with zero attached hydrogens (tertiary/aromatic N) is 2. The van der Waals surface area contributed by atoms with Crippen LogP contribution in [0.2, 0.25) is 0 Å². The van der Waals surface area contributed by atoms with Gasteiger partial charge in [-0.3, -0.25) is 14.3 Å². The lowest BCUT2D eigenvalue weighted by Crippen LogP contribution is -2.27. The minimum atomic E-state index is -1.05. The second-order valence-electron chi connectivity index (χ2n) is 4.97. The number of fused-ring (bicyclic) bond motifs is 1. The zero-order valence-corrected chi connectivity index (χ0v) is 13.3. The Bertz CT molecular complexity index is 1070. The average molecular weight is 341 g/mol. The highest BCUT2D eigenvalue weighted by Gasteiger charge is 2.20. The van der Waals surface area contributed by atoms with Crippen LogP contribution >= 0.6 is 11.3 Å². The quantitative estimate of drug-likeness (QED) is 0.730. The number of carbonyl (C=O) groups excluding carboxylic acids is 1. The summed E-state index contributed by atoms with van der Waals surface area (Å²) in [7, 11) is 1.49. The molecule has 0 saturated carbocycles. The number of hydrogen-bond acceptors (Lipinski definition) is 6. The normalized spacial score (nSPS) is 11.8. The van der Waals surface area contributed by atoms with E-state index in [1.165, 1.54) is 17.7 Å². The summed E-state index contributed by atoms with van der Waals surface area (Å²) >= 11 is 0.967. The Balaban J connectivity index is 1.96. The highest BCUT2D eigenvalue weighted by molar-refractivity contribution is 7.20. The molecule has 3 aromatic rings. The largest absolute Gasteiger partial charge is 0.438 e. The highest BCUT2D eigenvalue weighted by Crippen LogP contribution is 2.25. The van der Waals surface area contributed by atoms with Crippen LogP contribution in [-0.4, -0.2) is 15.5 Å². The van der Waals surface area contributed by atoms with Crippen molar-refractivity contribution in [2.45, 2.75) is 6.10 Å². The van der Waals surface area contributed by atoms with Crippen LogP contribution in [0.1, 0.15) is 21.3 Å². The molecule has 1 unspecified atom stereocenters. The monoisotopic (exact) mass is 341 g/mol. The van der Waals surface area contributed by atoms with Crippen LogP contribution in [0.4, 0.5) is 0 Å². The third kappa shape index (κ3) is 2.73. The molecule has 0 bridgehead atoms. The highest BCUT2D eigenvalue weighted by atomic mass is 32.1. The fourth-order valence-corrected chi connectivity index (χ4v) is 3.19. The Hall–Kier alpha value is -3.18. The van der Waals surface area contributed by atoms with E-state index in [0.29, 0.717) is 10.4 Å². The van der Waals surface area contributed by atoms with Crippen LogP contribution in [0.15, 0.2) is 46.0 Å². The van der Waals surface area contributed by atoms with Crippen LogP contribution < -0.4 is 11.2 Å². The first-order valence-corrected chi connectivity index (χ1v) is 7.71. The average Bonchev–Trinajstić information content (AvgIpc) is 3.04. The van der Waals surface area contributed by atoms with Gasteiger partial charge in [0.1, 0.15) is 15.8 Å². The van der Waals surface area contributed by atoms with Gasteiger partial charge < -0.3 is 4.74 Å². The van der Waals surface area contributed by atoms with Crippen LogP contribution in [-0.2, 0) is 11.8 Å². The number of carbonyl (C=O) groups is 1. The predicted molar refractivity (Wildman–Crippen MR) is 87.9 cm³/mol. The molecule has 1 atom stereocenters. The van der Waals surface area contributed by atoms with E-state index in [1.54, 1.807) is 30.3 Å². The van der Waals surface area contributed by atoms with Crippen molar-refractivity contribution in [3.8, 4) is 6.07 Å². The lowest BCUT2D eigenvalue weighted by atomic mass is 10.1. The zero-order valence-electron chi connectivity index (χ0n) is 12.5. The van der Waals surface area contributed by atoms with Gasteiger partial charge in [-0.25, -0.2) is 9.59 Å². The summed E-state index contributed by atoms with van der Waals surface area (Å²) in [4.78, 5) is 38.4. The van der Waals surface area contributed by atoms with Crippen molar-refractivity contribution in [1.82, 2.24) is 9.55 Å². The third-order valence-corrected chi connectivity index (χ3v) is 4.62. The Morgan fingerprint density at radius 1 is 1.33 bits per heavy atom. The Morgan fingerprint density at radius 3 is 2.71 bits per heavy atom. The van der Waals surface area contributed by atoms with Gasteiger partial charge >= 0.3 is 11.7 Å². The fourth-order valence-electron chi connectivity index (χ4n) is 2.20. The van der Waals surface area contributed by atoms with E-state index < -0.39 is 23.3 Å². The van der Waals surface area contributed by atoms with E-state index >= 15 is 0 Å². The Kier molecular flexibility index (Phi) is 4.02. The van der Waals surface area contributed by atoms with Crippen molar-refractivity contribution in [2.75, 3.05) is 0 Å². The lowest BCUT2D eigenvalue weighted by molar-refractivity contribution is 0.0410. The molecule has 0 saturated heterocycles. The maximum absolute atomic E-state index is 12.3. The molecule has 120 valence electrons. The zero-order chi connectivity index (χ0) is 17.3. The summed E-state index contributed by atoms with van der Waals surface area (Å²) in [6.45, 7) is 0. The van der Waals surface area contributed by atoms with Gasteiger partial charge in [-0.15, -0.1) is 11.3 Å². The number of H-pyrrole nitrogens is 1. The lowest BCUT2D eigenvalue weighted by Gasteiger charge is -2.09. The molecule has 2 heterocycles. The smallest absolute Gasteiger partial charge is 0.350 e. The molecule has 1 N–H and O–H groups in total. The van der Waals surface area contributed by atoms with Crippen molar-refractivity contribution in [3.05, 3.63) is 67.7 Å². The number of nitrogens with one attached hydrogen (secondary N) is 1. The molecule has 0 aliphatic rings. The molecule has 0 aliphatic carbocycles.